The zero-order valence-corrected chi connectivity index (χ0v) is 9.18. The number of thiol groups is 1. The highest BCUT2D eigenvalue weighted by molar-refractivity contribution is 8.11. The molecule has 0 aliphatic heterocycles. The second kappa shape index (κ2) is 5.62. The van der Waals surface area contributed by atoms with Crippen molar-refractivity contribution in [2.75, 3.05) is 0 Å². The molecule has 0 fully saturated rings. The first-order valence-corrected chi connectivity index (χ1v) is 4.88. The summed E-state index contributed by atoms with van der Waals surface area (Å²) in [5.41, 5.74) is 6.62. The van der Waals surface area contributed by atoms with E-state index in [4.69, 9.17) is 18.0 Å². The molecular weight excluding hydrogens is 214 g/mol. The number of rotatable bonds is 2. The fourth-order valence-electron chi connectivity index (χ4n) is 0.909. The van der Waals surface area contributed by atoms with Crippen LogP contribution in [0.15, 0.2) is 35.3 Å². The number of nitrogens with two attached hydrogens (primary N) is 1. The molecule has 0 radical (unpaired) electrons. The molecule has 5 heteroatoms. The summed E-state index contributed by atoms with van der Waals surface area (Å²) in [6.45, 7) is 0.538. The smallest absolute Gasteiger partial charge is 0.194 e. The van der Waals surface area contributed by atoms with Crippen molar-refractivity contribution in [2.45, 2.75) is 6.54 Å². The van der Waals surface area contributed by atoms with Crippen LogP contribution in [0.4, 0.5) is 0 Å². The Morgan fingerprint density at radius 3 is 2.64 bits per heavy atom. The molecule has 0 aliphatic rings. The Morgan fingerprint density at radius 1 is 1.43 bits per heavy atom. The van der Waals surface area contributed by atoms with Crippen LogP contribution in [0.5, 0.6) is 0 Å². The summed E-state index contributed by atoms with van der Waals surface area (Å²) in [6.07, 6.45) is 0. The summed E-state index contributed by atoms with van der Waals surface area (Å²) in [6, 6.07) is 9.83. The lowest BCUT2D eigenvalue weighted by Gasteiger charge is -2.01. The zero-order valence-electron chi connectivity index (χ0n) is 7.47. The molecule has 0 aromatic heterocycles. The molecule has 1 aromatic rings. The van der Waals surface area contributed by atoms with E-state index in [0.29, 0.717) is 10.9 Å². The molecular formula is C9H11N3S2. The maximum Gasteiger partial charge on any atom is 0.194 e. The summed E-state index contributed by atoms with van der Waals surface area (Å²) in [4.78, 5) is 4.08. The Kier molecular flexibility index (Phi) is 4.42. The highest BCUT2D eigenvalue weighted by Gasteiger charge is 1.92. The fourth-order valence-corrected chi connectivity index (χ4v) is 1.13. The number of nitrogens with zero attached hydrogens (tertiary/aromatic N) is 1. The topological polar surface area (TPSA) is 50.4 Å². The van der Waals surface area contributed by atoms with E-state index in [9.17, 15) is 0 Å². The van der Waals surface area contributed by atoms with Crippen LogP contribution >= 0.6 is 24.8 Å². The number of guanidine groups is 1. The van der Waals surface area contributed by atoms with Crippen molar-refractivity contribution in [3.63, 3.8) is 0 Å². The number of benzene rings is 1. The van der Waals surface area contributed by atoms with Crippen molar-refractivity contribution in [3.05, 3.63) is 35.9 Å². The molecule has 0 bridgehead atoms. The van der Waals surface area contributed by atoms with Gasteiger partial charge < -0.3 is 11.1 Å². The van der Waals surface area contributed by atoms with Crippen LogP contribution in [-0.4, -0.2) is 10.3 Å². The SMILES string of the molecule is NC(=NCc1ccccc1)NC(=S)S. The summed E-state index contributed by atoms with van der Waals surface area (Å²) in [5.74, 6) is 0.286. The number of hydrogen-bond donors (Lipinski definition) is 3. The van der Waals surface area contributed by atoms with Gasteiger partial charge in [0, 0.05) is 0 Å². The van der Waals surface area contributed by atoms with Gasteiger partial charge in [0.15, 0.2) is 5.96 Å². The second-order valence-electron chi connectivity index (χ2n) is 2.62. The molecule has 0 atom stereocenters. The molecule has 0 aliphatic carbocycles. The van der Waals surface area contributed by atoms with Crippen molar-refractivity contribution in [1.29, 1.82) is 0 Å². The highest BCUT2D eigenvalue weighted by Crippen LogP contribution is 1.99. The Bertz CT molecular complexity index is 335. The summed E-state index contributed by atoms with van der Waals surface area (Å²) in [5, 5.41) is 2.64. The van der Waals surface area contributed by atoms with Crippen LogP contribution in [0.3, 0.4) is 0 Å². The predicted octanol–water partition coefficient (Wildman–Crippen LogP) is 1.31. The third-order valence-corrected chi connectivity index (χ3v) is 1.72. The van der Waals surface area contributed by atoms with Gasteiger partial charge in [0.25, 0.3) is 0 Å². The summed E-state index contributed by atoms with van der Waals surface area (Å²) >= 11 is 8.57. The van der Waals surface area contributed by atoms with E-state index in [1.165, 1.54) is 0 Å². The third kappa shape index (κ3) is 4.25. The Hall–Kier alpha value is -1.07. The molecule has 1 rings (SSSR count). The first kappa shape index (κ1) is 11.0. The van der Waals surface area contributed by atoms with E-state index in [1.807, 2.05) is 30.3 Å². The van der Waals surface area contributed by atoms with Crippen molar-refractivity contribution in [2.24, 2.45) is 10.7 Å². The van der Waals surface area contributed by atoms with Crippen molar-refractivity contribution in [3.8, 4) is 0 Å². The van der Waals surface area contributed by atoms with Gasteiger partial charge in [0.2, 0.25) is 0 Å². The van der Waals surface area contributed by atoms with E-state index in [-0.39, 0.29) is 5.96 Å². The van der Waals surface area contributed by atoms with Crippen LogP contribution in [0.1, 0.15) is 5.56 Å². The molecule has 3 N–H and O–H groups in total. The quantitative estimate of drug-likeness (QED) is 0.308. The minimum absolute atomic E-state index is 0.286. The highest BCUT2D eigenvalue weighted by atomic mass is 32.1. The molecule has 1 aromatic carbocycles. The Balaban J connectivity index is 2.51. The van der Waals surface area contributed by atoms with Gasteiger partial charge in [0.05, 0.1) is 6.54 Å². The average molecular weight is 225 g/mol. The number of thiocarbonyl (C=S) groups is 1. The number of aliphatic imine (C=N–C) groups is 1. The van der Waals surface area contributed by atoms with Crippen LogP contribution in [-0.2, 0) is 6.54 Å². The van der Waals surface area contributed by atoms with E-state index < -0.39 is 0 Å². The maximum atomic E-state index is 5.52. The first-order chi connectivity index (χ1) is 6.68. The minimum Gasteiger partial charge on any atom is -0.370 e. The zero-order chi connectivity index (χ0) is 10.4. The van der Waals surface area contributed by atoms with Gasteiger partial charge in [-0.25, -0.2) is 4.99 Å². The molecule has 0 amide bonds. The largest absolute Gasteiger partial charge is 0.370 e. The van der Waals surface area contributed by atoms with E-state index in [1.54, 1.807) is 0 Å². The second-order valence-corrected chi connectivity index (χ2v) is 3.78. The molecule has 0 unspecified atom stereocenters. The van der Waals surface area contributed by atoms with E-state index >= 15 is 0 Å². The van der Waals surface area contributed by atoms with Gasteiger partial charge in [-0.1, -0.05) is 42.5 Å². The lowest BCUT2D eigenvalue weighted by atomic mass is 10.2. The standard InChI is InChI=1S/C9H11N3S2/c10-8(12-9(13)14)11-6-7-4-2-1-3-5-7/h1-5H,6H2,(H4,10,11,12,13,14). The molecule has 0 saturated heterocycles. The normalized spacial score (nSPS) is 11.1. The van der Waals surface area contributed by atoms with Gasteiger partial charge in [-0.15, -0.1) is 12.6 Å². The molecule has 0 heterocycles. The monoisotopic (exact) mass is 225 g/mol. The summed E-state index contributed by atoms with van der Waals surface area (Å²) in [7, 11) is 0. The Morgan fingerprint density at radius 2 is 2.07 bits per heavy atom. The van der Waals surface area contributed by atoms with Crippen molar-refractivity contribution < 1.29 is 0 Å². The van der Waals surface area contributed by atoms with E-state index in [2.05, 4.69) is 22.9 Å². The third-order valence-electron chi connectivity index (χ3n) is 1.51. The number of hydrogen-bond acceptors (Lipinski definition) is 2. The minimum atomic E-state index is 0.286. The molecule has 74 valence electrons. The Labute approximate surface area is 93.8 Å². The maximum absolute atomic E-state index is 5.52. The fraction of sp³-hybridized carbons (Fsp3) is 0.111. The van der Waals surface area contributed by atoms with Gasteiger partial charge in [0.1, 0.15) is 4.32 Å². The average Bonchev–Trinajstić information content (AvgIpc) is 2.15. The summed E-state index contributed by atoms with van der Waals surface area (Å²) < 4.78 is 0.319. The van der Waals surface area contributed by atoms with E-state index in [0.717, 1.165) is 5.56 Å². The van der Waals surface area contributed by atoms with Gasteiger partial charge in [-0.2, -0.15) is 0 Å². The number of nitrogens with one attached hydrogen (secondary N) is 1. The van der Waals surface area contributed by atoms with Crippen LogP contribution < -0.4 is 11.1 Å². The molecule has 0 spiro atoms. The predicted molar refractivity (Wildman–Crippen MR) is 66.5 cm³/mol. The van der Waals surface area contributed by atoms with Crippen molar-refractivity contribution in [1.82, 2.24) is 5.32 Å². The molecule has 0 saturated carbocycles. The first-order valence-electron chi connectivity index (χ1n) is 4.02. The van der Waals surface area contributed by atoms with Gasteiger partial charge in [-0.05, 0) is 5.56 Å². The van der Waals surface area contributed by atoms with Crippen LogP contribution in [0.25, 0.3) is 0 Å². The van der Waals surface area contributed by atoms with Crippen LogP contribution in [0.2, 0.25) is 0 Å². The van der Waals surface area contributed by atoms with Crippen molar-refractivity contribution >= 4 is 35.1 Å². The lowest BCUT2D eigenvalue weighted by molar-refractivity contribution is 1.04. The van der Waals surface area contributed by atoms with Gasteiger partial charge >= 0.3 is 0 Å². The molecule has 14 heavy (non-hydrogen) atoms. The van der Waals surface area contributed by atoms with Gasteiger partial charge in [-0.3, -0.25) is 0 Å². The van der Waals surface area contributed by atoms with Crippen LogP contribution in [0, 0.1) is 0 Å². The molecule has 3 nitrogen and oxygen atoms in total. The lowest BCUT2D eigenvalue weighted by Crippen LogP contribution is -2.33.